The lowest BCUT2D eigenvalue weighted by atomic mass is 9.57. The van der Waals surface area contributed by atoms with E-state index in [1.54, 1.807) is 0 Å². The quantitative estimate of drug-likeness (QED) is 0.0500. The van der Waals surface area contributed by atoms with Crippen molar-refractivity contribution in [2.24, 2.45) is 102 Å². The summed E-state index contributed by atoms with van der Waals surface area (Å²) in [5.74, 6) is 2.50. The molecule has 11 atom stereocenters. The summed E-state index contributed by atoms with van der Waals surface area (Å²) in [6, 6.07) is 4.14. The van der Waals surface area contributed by atoms with Crippen LogP contribution in [0.1, 0.15) is 280 Å². The molecule has 0 heterocycles. The van der Waals surface area contributed by atoms with Crippen molar-refractivity contribution in [3.63, 3.8) is 0 Å². The van der Waals surface area contributed by atoms with Gasteiger partial charge in [-0.15, -0.1) is 0 Å². The van der Waals surface area contributed by atoms with E-state index in [1.807, 2.05) is 13.8 Å². The zero-order valence-electron chi connectivity index (χ0n) is 63.3. The zero-order valence-corrected chi connectivity index (χ0v) is 63.3. The van der Waals surface area contributed by atoms with E-state index >= 15 is 0 Å². The van der Waals surface area contributed by atoms with Crippen molar-refractivity contribution < 1.29 is 58.6 Å². The number of aliphatic hydroxyl groups is 3. The number of esters is 3. The SMILES string of the molecule is CCCCNC(=O)CCc1cc(CC(C)C)c(O)c(C(C)(C)C)c1.CCCCOC(=O)C1CC12CC(C(C)(C)C)C(O)C(C(C)(C)C)C2.CCOC(=O)C1CC12CC(C(C)(C)C)C(O)C(C(C)(C)C)C2.CCOCCOC(=O)C1CC12CC(C)C(O)C(C(C)(C)C)C2. The first-order valence-electron chi connectivity index (χ1n) is 36.4. The molecule has 532 valence electrons. The summed E-state index contributed by atoms with van der Waals surface area (Å²) in [4.78, 5) is 48.8. The molecule has 0 bridgehead atoms. The summed E-state index contributed by atoms with van der Waals surface area (Å²) < 4.78 is 21.3. The highest BCUT2D eigenvalue weighted by molar-refractivity contribution is 5.78. The van der Waals surface area contributed by atoms with E-state index in [4.69, 9.17) is 18.9 Å². The highest BCUT2D eigenvalue weighted by atomic mass is 16.6. The Hall–Kier alpha value is -3.26. The molecule has 1 aromatic carbocycles. The fourth-order valence-electron chi connectivity index (χ4n) is 16.2. The Bertz CT molecular complexity index is 2460. The average molecular weight is 1290 g/mol. The molecule has 13 heteroatoms. The topological polar surface area (TPSA) is 198 Å². The molecule has 3 spiro atoms. The predicted molar refractivity (Wildman–Crippen MR) is 373 cm³/mol. The van der Waals surface area contributed by atoms with Crippen LogP contribution in [0.2, 0.25) is 0 Å². The van der Waals surface area contributed by atoms with Gasteiger partial charge in [-0.3, -0.25) is 19.2 Å². The molecule has 0 aromatic heterocycles. The molecular weight excluding hydrogens is 1150 g/mol. The van der Waals surface area contributed by atoms with Crippen LogP contribution in [0.15, 0.2) is 12.1 Å². The maximum Gasteiger partial charge on any atom is 0.309 e. The number of phenols is 1. The standard InChI is InChI=1S/C21H35NO2.C21H38O3.C19H34O3.C18H32O4/c1-7-8-11-22-19(23)10-9-16-13-17(12-15(2)3)20(24)18(14-16)21(4,5)6;1-8-9-10-24-18(23)16-13-21(16)11-14(19(2,3)4)17(22)15(12-21)20(5,6)7;1-8-22-16(21)14-11-19(14)9-12(17(2,3)4)15(20)13(10-19)18(5,6)7;1-6-21-7-8-22-16(20)14-11-18(14)9-12(2)15(19)13(10-18)17(3,4)5/h13-15,24H,7-12H2,1-6H3,(H,22,23);14-17,22H,8-13H2,1-7H3;12-15,20H,8-11H2,1-7H3;12-15,19H,6-11H2,1-5H3. The first-order valence-corrected chi connectivity index (χ1v) is 36.4. The van der Waals surface area contributed by atoms with Crippen LogP contribution >= 0.6 is 0 Å². The molecular formula is C79H139NO12. The van der Waals surface area contributed by atoms with E-state index < -0.39 is 0 Å². The van der Waals surface area contributed by atoms with Gasteiger partial charge in [0.2, 0.25) is 5.91 Å². The third-order valence-corrected chi connectivity index (χ3v) is 22.4. The summed E-state index contributed by atoms with van der Waals surface area (Å²) in [5, 5.41) is 46.1. The fraction of sp³-hybridized carbons (Fsp3) is 0.873. The van der Waals surface area contributed by atoms with Gasteiger partial charge in [0.15, 0.2) is 0 Å². The molecule has 6 saturated carbocycles. The number of amides is 1. The Morgan fingerprint density at radius 3 is 1.28 bits per heavy atom. The van der Waals surface area contributed by atoms with E-state index in [1.165, 1.54) is 0 Å². The van der Waals surface area contributed by atoms with E-state index in [9.17, 15) is 39.6 Å². The van der Waals surface area contributed by atoms with Gasteiger partial charge in [0.1, 0.15) is 12.4 Å². The van der Waals surface area contributed by atoms with Gasteiger partial charge in [-0.2, -0.15) is 0 Å². The van der Waals surface area contributed by atoms with Crippen LogP contribution in [-0.2, 0) is 56.4 Å². The minimum atomic E-state index is -0.284. The van der Waals surface area contributed by atoms with Crippen molar-refractivity contribution in [1.82, 2.24) is 5.32 Å². The Balaban J connectivity index is 0.000000262. The van der Waals surface area contributed by atoms with Gasteiger partial charge < -0.3 is 44.7 Å². The molecule has 1 amide bonds. The van der Waals surface area contributed by atoms with E-state index in [2.05, 4.69) is 177 Å². The summed E-state index contributed by atoms with van der Waals surface area (Å²) in [7, 11) is 0. The minimum Gasteiger partial charge on any atom is -0.507 e. The maximum absolute atomic E-state index is 12.5. The molecule has 5 N–H and O–H groups in total. The number of nitrogens with one attached hydrogen (secondary N) is 1. The van der Waals surface area contributed by atoms with Crippen LogP contribution in [0, 0.1) is 102 Å². The molecule has 92 heavy (non-hydrogen) atoms. The minimum absolute atomic E-state index is 0.000146. The number of ether oxygens (including phenoxy) is 4. The highest BCUT2D eigenvalue weighted by Gasteiger charge is 2.67. The Kier molecular flexibility index (Phi) is 28.6. The van der Waals surface area contributed by atoms with Crippen molar-refractivity contribution in [1.29, 1.82) is 0 Å². The number of aryl methyl sites for hydroxylation is 1. The molecule has 0 aliphatic heterocycles. The molecule has 11 unspecified atom stereocenters. The lowest BCUT2D eigenvalue weighted by molar-refractivity contribution is -0.149. The second kappa shape index (κ2) is 32.4. The van der Waals surface area contributed by atoms with Crippen molar-refractivity contribution in [3.05, 3.63) is 28.8 Å². The lowest BCUT2D eigenvalue weighted by Crippen LogP contribution is -2.49. The number of aliphatic hydroxyl groups excluding tert-OH is 3. The molecule has 6 aliphatic rings. The number of unbranched alkanes of at least 4 members (excludes halogenated alkanes) is 2. The second-order valence-electron chi connectivity index (χ2n) is 36.7. The maximum atomic E-state index is 12.5. The van der Waals surface area contributed by atoms with Crippen LogP contribution < -0.4 is 5.32 Å². The van der Waals surface area contributed by atoms with Gasteiger partial charge in [-0.05, 0) is 204 Å². The average Bonchev–Trinajstić information content (AvgIpc) is 1.61. The Labute approximate surface area is 561 Å². The first-order chi connectivity index (χ1) is 42.2. The molecule has 7 rings (SSSR count). The number of carbonyl (C=O) groups excluding carboxylic acids is 4. The van der Waals surface area contributed by atoms with Crippen LogP contribution in [0.5, 0.6) is 5.75 Å². The summed E-state index contributed by atoms with van der Waals surface area (Å²) in [6.45, 7) is 57.2. The summed E-state index contributed by atoms with van der Waals surface area (Å²) in [5.41, 5.74) is 3.47. The van der Waals surface area contributed by atoms with Crippen molar-refractivity contribution in [3.8, 4) is 5.75 Å². The Morgan fingerprint density at radius 1 is 0.522 bits per heavy atom. The highest BCUT2D eigenvalue weighted by Crippen LogP contribution is 2.69. The number of rotatable bonds is 19. The largest absolute Gasteiger partial charge is 0.507 e. The smallest absolute Gasteiger partial charge is 0.309 e. The summed E-state index contributed by atoms with van der Waals surface area (Å²) >= 11 is 0. The second-order valence-corrected chi connectivity index (χ2v) is 36.7. The van der Waals surface area contributed by atoms with Crippen LogP contribution in [-0.4, -0.2) is 102 Å². The van der Waals surface area contributed by atoms with Gasteiger partial charge >= 0.3 is 17.9 Å². The number of hydrogen-bond acceptors (Lipinski definition) is 12. The van der Waals surface area contributed by atoms with Gasteiger partial charge in [0, 0.05) is 19.6 Å². The van der Waals surface area contributed by atoms with Crippen molar-refractivity contribution in [2.45, 2.75) is 300 Å². The first kappa shape index (κ1) is 81.2. The van der Waals surface area contributed by atoms with Gasteiger partial charge in [0.25, 0.3) is 0 Å². The van der Waals surface area contributed by atoms with Crippen LogP contribution in [0.4, 0.5) is 0 Å². The molecule has 13 nitrogen and oxygen atoms in total. The third kappa shape index (κ3) is 22.1. The fourth-order valence-corrected chi connectivity index (χ4v) is 16.2. The number of aromatic hydroxyl groups is 1. The monoisotopic (exact) mass is 1290 g/mol. The number of carbonyl (C=O) groups is 4. The normalized spacial score (nSPS) is 31.1. The van der Waals surface area contributed by atoms with Crippen molar-refractivity contribution >= 4 is 23.8 Å². The van der Waals surface area contributed by atoms with Gasteiger partial charge in [-0.25, -0.2) is 0 Å². The van der Waals surface area contributed by atoms with Gasteiger partial charge in [-0.1, -0.05) is 184 Å². The number of hydrogen-bond donors (Lipinski definition) is 5. The molecule has 6 fully saturated rings. The zero-order chi connectivity index (χ0) is 70.1. The lowest BCUT2D eigenvalue weighted by Gasteiger charge is -2.50. The van der Waals surface area contributed by atoms with Gasteiger partial charge in [0.05, 0.1) is 55.9 Å². The summed E-state index contributed by atoms with van der Waals surface area (Å²) in [6.07, 6.45) is 13.8. The Morgan fingerprint density at radius 2 is 0.913 bits per heavy atom. The number of phenolic OH excluding ortho intramolecular Hbond substituents is 1. The molecule has 0 saturated heterocycles. The van der Waals surface area contributed by atoms with Crippen molar-refractivity contribution in [2.75, 3.05) is 39.6 Å². The van der Waals surface area contributed by atoms with E-state index in [0.29, 0.717) is 57.5 Å². The molecule has 0 radical (unpaired) electrons. The molecule has 1 aromatic rings. The van der Waals surface area contributed by atoms with E-state index in [-0.39, 0.29) is 144 Å². The predicted octanol–water partition coefficient (Wildman–Crippen LogP) is 16.6. The third-order valence-electron chi connectivity index (χ3n) is 22.4. The van der Waals surface area contributed by atoms with E-state index in [0.717, 1.165) is 113 Å². The number of benzene rings is 1. The van der Waals surface area contributed by atoms with Crippen LogP contribution in [0.25, 0.3) is 0 Å². The van der Waals surface area contributed by atoms with Crippen LogP contribution in [0.3, 0.4) is 0 Å². The molecule has 6 aliphatic carbocycles.